The van der Waals surface area contributed by atoms with Gasteiger partial charge in [-0.2, -0.15) is 0 Å². The maximum atomic E-state index is 13.3. The molecule has 21 nitrogen and oxygen atoms in total. The van der Waals surface area contributed by atoms with E-state index in [0.717, 1.165) is 0 Å². The van der Waals surface area contributed by atoms with Crippen LogP contribution in [0.2, 0.25) is 0 Å². The standard InChI is InChI=1S/C57H83N3O18/c1-34-16-13-11-9-7-5-3-4-6-8-10-12-14-19-43(76-56-53(71)52(60)48(69)33-75-56)29-49-51(55(72)73)47(68)32-57(74,78-49)31-42(65)27-41(64)26-40(63)25-38(61)17-15-18-39(62)28-50(70)77-54(34)44(59)24-35(2)45(66)30-46(67)36-20-22-37(58)23-21-36/h3-14,16,19-23,34-35,39-45,47-49,51-54,56,62-66,68-69,71,74H,15,17-18,24-33,58-60H2,1-2H3,(H,72,73)/b4-3-,7-5+,8-6-,11-9+,12-10+,16-13+,19-14+/t34-,35?,39?,40?,41?,42?,43?,44-,45?,47-,48?,49-,51?,52-,53?,54?,56-,57?/m0/s1. The summed E-state index contributed by atoms with van der Waals surface area (Å²) < 4.78 is 23.4. The third-order valence-corrected chi connectivity index (χ3v) is 13.9. The van der Waals surface area contributed by atoms with Crippen LogP contribution in [0.5, 0.6) is 0 Å². The van der Waals surface area contributed by atoms with E-state index in [1.165, 1.54) is 6.08 Å². The average Bonchev–Trinajstić information content (AvgIpc) is 3.35. The zero-order valence-corrected chi connectivity index (χ0v) is 44.4. The summed E-state index contributed by atoms with van der Waals surface area (Å²) in [6.07, 6.45) is 5.25. The number of aliphatic hydroxyl groups is 9. The smallest absolute Gasteiger partial charge is 0.311 e. The van der Waals surface area contributed by atoms with Gasteiger partial charge in [0, 0.05) is 61.7 Å². The third kappa shape index (κ3) is 22.6. The number of cyclic esters (lactones) is 1. The molecule has 434 valence electrons. The van der Waals surface area contributed by atoms with Crippen LogP contribution in [0, 0.1) is 17.8 Å². The molecule has 18 atom stereocenters. The number of ether oxygens (including phenoxy) is 4. The quantitative estimate of drug-likeness (QED) is 0.0903. The lowest BCUT2D eigenvalue weighted by Gasteiger charge is -2.45. The topological polar surface area (TPSA) is 386 Å². The van der Waals surface area contributed by atoms with Gasteiger partial charge in [0.25, 0.3) is 0 Å². The molecule has 1 aromatic carbocycles. The summed E-state index contributed by atoms with van der Waals surface area (Å²) in [4.78, 5) is 51.5. The van der Waals surface area contributed by atoms with E-state index in [0.29, 0.717) is 11.3 Å². The highest BCUT2D eigenvalue weighted by Gasteiger charge is 2.50. The zero-order chi connectivity index (χ0) is 57.5. The summed E-state index contributed by atoms with van der Waals surface area (Å²) >= 11 is 0. The monoisotopic (exact) mass is 1100 g/mol. The Labute approximate surface area is 455 Å². The van der Waals surface area contributed by atoms with Crippen LogP contribution in [0.4, 0.5) is 5.69 Å². The number of aliphatic carboxylic acids is 1. The van der Waals surface area contributed by atoms with Crippen molar-refractivity contribution in [1.29, 1.82) is 0 Å². The van der Waals surface area contributed by atoms with E-state index in [1.54, 1.807) is 117 Å². The van der Waals surface area contributed by atoms with E-state index in [2.05, 4.69) is 0 Å². The van der Waals surface area contributed by atoms with Gasteiger partial charge < -0.3 is 87.2 Å². The minimum Gasteiger partial charge on any atom is -0.481 e. The van der Waals surface area contributed by atoms with Crippen LogP contribution in [0.15, 0.2) is 109 Å². The van der Waals surface area contributed by atoms with Crippen LogP contribution in [0.1, 0.15) is 101 Å². The number of carboxylic acid groups (broad SMARTS) is 1. The van der Waals surface area contributed by atoms with Gasteiger partial charge in [0.15, 0.2) is 17.9 Å². The van der Waals surface area contributed by atoms with Gasteiger partial charge in [0.05, 0.1) is 74.0 Å². The number of carbonyl (C=O) groups excluding carboxylic acids is 3. The molecule has 0 spiro atoms. The largest absolute Gasteiger partial charge is 0.481 e. The molecule has 78 heavy (non-hydrogen) atoms. The average molecular weight is 1100 g/mol. The number of ketones is 2. The lowest BCUT2D eigenvalue weighted by Crippen LogP contribution is -2.59. The first-order chi connectivity index (χ1) is 36.9. The number of Topliss-reactive ketones (excluding diaryl/α,β-unsaturated/α-hetero) is 2. The Kier molecular flexibility index (Phi) is 27.6. The molecule has 12 unspecified atom stereocenters. The highest BCUT2D eigenvalue weighted by atomic mass is 16.7. The lowest BCUT2D eigenvalue weighted by molar-refractivity contribution is -0.305. The van der Waals surface area contributed by atoms with Crippen molar-refractivity contribution in [2.24, 2.45) is 29.2 Å². The van der Waals surface area contributed by atoms with Crippen LogP contribution >= 0.6 is 0 Å². The van der Waals surface area contributed by atoms with E-state index in [1.807, 2.05) is 0 Å². The molecule has 2 bridgehead atoms. The second-order valence-corrected chi connectivity index (χ2v) is 20.8. The van der Waals surface area contributed by atoms with E-state index >= 15 is 0 Å². The number of benzene rings is 1. The molecule has 21 heteroatoms. The Bertz CT molecular complexity index is 2250. The molecule has 0 saturated carbocycles. The molecule has 4 rings (SSSR count). The molecule has 0 aromatic heterocycles. The highest BCUT2D eigenvalue weighted by molar-refractivity contribution is 5.96. The number of nitrogens with two attached hydrogens (primary N) is 3. The Morgan fingerprint density at radius 3 is 1.99 bits per heavy atom. The van der Waals surface area contributed by atoms with Crippen molar-refractivity contribution in [3.63, 3.8) is 0 Å². The van der Waals surface area contributed by atoms with Crippen molar-refractivity contribution >= 4 is 29.2 Å². The molecule has 1 aromatic rings. The molecule has 2 fully saturated rings. The predicted octanol–water partition coefficient (Wildman–Crippen LogP) is 1.86. The third-order valence-electron chi connectivity index (χ3n) is 13.9. The Balaban J connectivity index is 1.52. The Hall–Kier alpha value is -5.08. The van der Waals surface area contributed by atoms with Crippen molar-refractivity contribution in [2.45, 2.75) is 182 Å². The van der Waals surface area contributed by atoms with Gasteiger partial charge in [-0.3, -0.25) is 19.2 Å². The highest BCUT2D eigenvalue weighted by Crippen LogP contribution is 2.38. The molecule has 3 aliphatic heterocycles. The van der Waals surface area contributed by atoms with Crippen LogP contribution in [0.25, 0.3) is 0 Å². The van der Waals surface area contributed by atoms with Gasteiger partial charge in [-0.05, 0) is 62.3 Å². The van der Waals surface area contributed by atoms with Gasteiger partial charge in [-0.1, -0.05) is 98.9 Å². The fourth-order valence-corrected chi connectivity index (χ4v) is 9.58. The van der Waals surface area contributed by atoms with Gasteiger partial charge in [-0.25, -0.2) is 0 Å². The number of hydrogen-bond donors (Lipinski definition) is 13. The number of esters is 1. The summed E-state index contributed by atoms with van der Waals surface area (Å²) in [6, 6.07) is 4.43. The normalized spacial score (nSPS) is 37.2. The zero-order valence-electron chi connectivity index (χ0n) is 44.4. The van der Waals surface area contributed by atoms with Crippen molar-refractivity contribution in [1.82, 2.24) is 0 Å². The number of aliphatic hydroxyl groups excluding tert-OH is 8. The second kappa shape index (κ2) is 32.9. The fourth-order valence-electron chi connectivity index (χ4n) is 9.58. The molecule has 0 radical (unpaired) electrons. The molecule has 0 aliphatic carbocycles. The van der Waals surface area contributed by atoms with E-state index in [-0.39, 0.29) is 63.8 Å². The van der Waals surface area contributed by atoms with E-state index in [4.69, 9.17) is 36.1 Å². The van der Waals surface area contributed by atoms with Gasteiger partial charge >= 0.3 is 11.9 Å². The van der Waals surface area contributed by atoms with Crippen LogP contribution in [-0.4, -0.2) is 172 Å². The number of anilines is 1. The number of rotatable bonds is 10. The number of hydrogen-bond acceptors (Lipinski definition) is 20. The summed E-state index contributed by atoms with van der Waals surface area (Å²) in [5.74, 6) is -7.72. The van der Waals surface area contributed by atoms with Crippen LogP contribution in [0.3, 0.4) is 0 Å². The number of carboxylic acids is 1. The number of fused-ring (bicyclic) bond motifs is 2. The minimum atomic E-state index is -2.32. The van der Waals surface area contributed by atoms with Gasteiger partial charge in [0.2, 0.25) is 0 Å². The summed E-state index contributed by atoms with van der Waals surface area (Å²) in [6.45, 7) is 3.27. The van der Waals surface area contributed by atoms with E-state index in [9.17, 15) is 70.2 Å². The molecule has 3 heterocycles. The number of nitrogen functional groups attached to an aromatic ring is 1. The Morgan fingerprint density at radius 2 is 1.37 bits per heavy atom. The lowest BCUT2D eigenvalue weighted by atomic mass is 9.82. The molecular formula is C57H83N3O18. The fraction of sp³-hybridized carbons (Fsp3) is 0.579. The number of carbonyl (C=O) groups is 4. The van der Waals surface area contributed by atoms with E-state index < -0.39 is 152 Å². The predicted molar refractivity (Wildman–Crippen MR) is 287 cm³/mol. The summed E-state index contributed by atoms with van der Waals surface area (Å²) in [7, 11) is 0. The first-order valence-electron chi connectivity index (χ1n) is 26.6. The van der Waals surface area contributed by atoms with Gasteiger partial charge in [0.1, 0.15) is 23.9 Å². The molecular weight excluding hydrogens is 1010 g/mol. The maximum absolute atomic E-state index is 13.3. The van der Waals surface area contributed by atoms with Crippen molar-refractivity contribution < 1.29 is 89.2 Å². The van der Waals surface area contributed by atoms with Crippen molar-refractivity contribution in [3.8, 4) is 0 Å². The first kappa shape index (κ1) is 65.4. The molecule has 3 aliphatic rings. The van der Waals surface area contributed by atoms with Crippen LogP contribution < -0.4 is 17.2 Å². The maximum Gasteiger partial charge on any atom is 0.311 e. The van der Waals surface area contributed by atoms with Crippen molar-refractivity contribution in [2.75, 3.05) is 12.3 Å². The van der Waals surface area contributed by atoms with Crippen molar-refractivity contribution in [3.05, 3.63) is 115 Å². The second-order valence-electron chi connectivity index (χ2n) is 20.8. The summed E-state index contributed by atoms with van der Waals surface area (Å²) in [5, 5.41) is 108. The first-order valence-corrected chi connectivity index (χ1v) is 26.6. The minimum absolute atomic E-state index is 0.0277. The SMILES string of the molecule is CC(C[C@H](N)C1OC(=O)CC(O)CCCC(=O)CC(O)CC(O)CC(O)CC2(O)C[C@H](O)C(C(=O)O)[C@H](CC(O[C@@H]3OCC(O)[C@H](N)C3O)/C=C/C=C/C=C\C=C/C=C/C=C/C=C/[C@@H]1C)O2)C(O)CC(=O)c1ccc(N)cc1. The van der Waals surface area contributed by atoms with Gasteiger partial charge in [-0.15, -0.1) is 0 Å². The van der Waals surface area contributed by atoms with Crippen LogP contribution in [-0.2, 0) is 33.3 Å². The Morgan fingerprint density at radius 1 is 0.782 bits per heavy atom. The number of allylic oxidation sites excluding steroid dienone is 12. The molecule has 2 saturated heterocycles. The summed E-state index contributed by atoms with van der Waals surface area (Å²) in [5.41, 5.74) is 19.3. The molecule has 0 amide bonds. The molecule has 16 N–H and O–H groups in total.